The van der Waals surface area contributed by atoms with Crippen molar-refractivity contribution in [2.24, 2.45) is 5.73 Å². The number of nitrogens with two attached hydrogens (primary N) is 1. The van der Waals surface area contributed by atoms with Crippen molar-refractivity contribution < 1.29 is 9.59 Å². The summed E-state index contributed by atoms with van der Waals surface area (Å²) in [7, 11) is 0. The molecule has 78 valence electrons. The fourth-order valence-corrected chi connectivity index (χ4v) is 1.22. The van der Waals surface area contributed by atoms with E-state index in [0.29, 0.717) is 6.42 Å². The molecule has 4 N–H and O–H groups in total. The second kappa shape index (κ2) is 4.23. The molecule has 1 unspecified atom stereocenters. The first-order chi connectivity index (χ1) is 6.58. The Hall–Kier alpha value is -1.36. The molecule has 5 heteroatoms. The molecular weight excluding hydrogens is 182 g/mol. The zero-order valence-corrected chi connectivity index (χ0v) is 8.17. The highest BCUT2D eigenvalue weighted by Crippen LogP contribution is 2.09. The predicted octanol–water partition coefficient (Wildman–Crippen LogP) is 0.227. The summed E-state index contributed by atoms with van der Waals surface area (Å²) in [5, 5.41) is 4.78. The third-order valence-corrected chi connectivity index (χ3v) is 2.10. The quantitative estimate of drug-likeness (QED) is 0.603. The molecule has 0 radical (unpaired) electrons. The van der Waals surface area contributed by atoms with Crippen LogP contribution in [0.1, 0.15) is 26.2 Å². The summed E-state index contributed by atoms with van der Waals surface area (Å²) in [6, 6.07) is -0.445. The monoisotopic (exact) mass is 197 g/mol. The van der Waals surface area contributed by atoms with Gasteiger partial charge in [0.05, 0.1) is 0 Å². The van der Waals surface area contributed by atoms with Crippen molar-refractivity contribution in [1.82, 2.24) is 10.6 Å². The lowest BCUT2D eigenvalue weighted by Crippen LogP contribution is -2.63. The number of hydrogen-bond donors (Lipinski definition) is 3. The molecular formula is C9H15N3O2. The van der Waals surface area contributed by atoms with Gasteiger partial charge in [-0.3, -0.25) is 10.5 Å². The topological polar surface area (TPSA) is 84.2 Å². The van der Waals surface area contributed by atoms with Gasteiger partial charge in [-0.25, -0.2) is 4.79 Å². The van der Waals surface area contributed by atoms with Crippen LogP contribution in [0.2, 0.25) is 0 Å². The molecule has 0 bridgehead atoms. The van der Waals surface area contributed by atoms with E-state index in [-0.39, 0.29) is 5.78 Å². The SMILES string of the molecule is CCCCC(=O)C1(N)C=CNC(=O)N1. The molecule has 0 fully saturated rings. The van der Waals surface area contributed by atoms with E-state index in [1.807, 2.05) is 6.92 Å². The molecule has 0 spiro atoms. The number of urea groups is 1. The summed E-state index contributed by atoms with van der Waals surface area (Å²) in [4.78, 5) is 22.6. The second-order valence-corrected chi connectivity index (χ2v) is 3.33. The Morgan fingerprint density at radius 2 is 2.36 bits per heavy atom. The molecule has 2 amide bonds. The zero-order valence-electron chi connectivity index (χ0n) is 8.17. The van der Waals surface area contributed by atoms with Gasteiger partial charge in [0.2, 0.25) is 0 Å². The Kier molecular flexibility index (Phi) is 3.24. The average molecular weight is 197 g/mol. The molecule has 0 aliphatic carbocycles. The van der Waals surface area contributed by atoms with E-state index in [1.165, 1.54) is 12.3 Å². The van der Waals surface area contributed by atoms with Crippen LogP contribution in [0, 0.1) is 0 Å². The summed E-state index contributed by atoms with van der Waals surface area (Å²) < 4.78 is 0. The first-order valence-electron chi connectivity index (χ1n) is 4.67. The van der Waals surface area contributed by atoms with Gasteiger partial charge < -0.3 is 10.6 Å². The standard InChI is InChI=1S/C9H15N3O2/c1-2-3-4-7(13)9(10)5-6-11-8(14)12-9/h5-6H,2-4,10H2,1H3,(H2,11,12,14). The van der Waals surface area contributed by atoms with Gasteiger partial charge in [0.1, 0.15) is 0 Å². The minimum atomic E-state index is -1.32. The molecule has 0 aromatic heterocycles. The van der Waals surface area contributed by atoms with Crippen molar-refractivity contribution in [2.45, 2.75) is 31.8 Å². The first-order valence-corrected chi connectivity index (χ1v) is 4.67. The molecule has 1 heterocycles. The van der Waals surface area contributed by atoms with E-state index in [2.05, 4.69) is 10.6 Å². The Morgan fingerprint density at radius 1 is 1.64 bits per heavy atom. The zero-order chi connectivity index (χ0) is 10.6. The van der Waals surface area contributed by atoms with Crippen molar-refractivity contribution in [3.05, 3.63) is 12.3 Å². The summed E-state index contributed by atoms with van der Waals surface area (Å²) in [5.74, 6) is -0.162. The van der Waals surface area contributed by atoms with Gasteiger partial charge in [-0.15, -0.1) is 0 Å². The minimum Gasteiger partial charge on any atom is -0.315 e. The number of Topliss-reactive ketones (excluding diaryl/α,β-unsaturated/α-hetero) is 1. The first kappa shape index (κ1) is 10.7. The molecule has 0 aromatic carbocycles. The van der Waals surface area contributed by atoms with E-state index in [0.717, 1.165) is 12.8 Å². The number of carbonyl (C=O) groups excluding carboxylic acids is 2. The maximum Gasteiger partial charge on any atom is 0.320 e. The van der Waals surface area contributed by atoms with Gasteiger partial charge in [0.25, 0.3) is 0 Å². The summed E-state index contributed by atoms with van der Waals surface area (Å²) in [6.07, 6.45) is 4.96. The van der Waals surface area contributed by atoms with E-state index < -0.39 is 11.7 Å². The number of ketones is 1. The average Bonchev–Trinajstić information content (AvgIpc) is 2.13. The Morgan fingerprint density at radius 3 is 2.93 bits per heavy atom. The maximum atomic E-state index is 11.6. The number of amides is 2. The predicted molar refractivity (Wildman–Crippen MR) is 52.3 cm³/mol. The van der Waals surface area contributed by atoms with Crippen LogP contribution in [-0.4, -0.2) is 17.5 Å². The van der Waals surface area contributed by atoms with Crippen molar-refractivity contribution in [3.63, 3.8) is 0 Å². The van der Waals surface area contributed by atoms with Gasteiger partial charge in [0.15, 0.2) is 11.4 Å². The Labute approximate surface area is 82.7 Å². The third-order valence-electron chi connectivity index (χ3n) is 2.10. The molecule has 5 nitrogen and oxygen atoms in total. The highest BCUT2D eigenvalue weighted by Gasteiger charge is 2.33. The van der Waals surface area contributed by atoms with Crippen molar-refractivity contribution in [2.75, 3.05) is 0 Å². The number of nitrogens with one attached hydrogen (secondary N) is 2. The van der Waals surface area contributed by atoms with Gasteiger partial charge >= 0.3 is 6.03 Å². The highest BCUT2D eigenvalue weighted by atomic mass is 16.2. The molecule has 0 aromatic rings. The second-order valence-electron chi connectivity index (χ2n) is 3.33. The van der Waals surface area contributed by atoms with Gasteiger partial charge in [-0.2, -0.15) is 0 Å². The van der Waals surface area contributed by atoms with Gasteiger partial charge in [-0.1, -0.05) is 13.3 Å². The van der Waals surface area contributed by atoms with Crippen LogP contribution in [0.3, 0.4) is 0 Å². The maximum absolute atomic E-state index is 11.6. The smallest absolute Gasteiger partial charge is 0.315 e. The lowest BCUT2D eigenvalue weighted by atomic mass is 10.00. The Bertz CT molecular complexity index is 275. The summed E-state index contributed by atoms with van der Waals surface area (Å²) in [6.45, 7) is 1.99. The van der Waals surface area contributed by atoms with E-state index in [9.17, 15) is 9.59 Å². The molecule has 14 heavy (non-hydrogen) atoms. The Balaban J connectivity index is 2.64. The van der Waals surface area contributed by atoms with Crippen molar-refractivity contribution in [1.29, 1.82) is 0 Å². The van der Waals surface area contributed by atoms with E-state index >= 15 is 0 Å². The molecule has 1 rings (SSSR count). The highest BCUT2D eigenvalue weighted by molar-refractivity contribution is 5.95. The van der Waals surface area contributed by atoms with Crippen LogP contribution < -0.4 is 16.4 Å². The van der Waals surface area contributed by atoms with E-state index in [1.54, 1.807) is 0 Å². The van der Waals surface area contributed by atoms with Crippen molar-refractivity contribution >= 4 is 11.8 Å². The number of carbonyl (C=O) groups is 2. The number of unbranched alkanes of at least 4 members (excludes halogenated alkanes) is 1. The van der Waals surface area contributed by atoms with Crippen molar-refractivity contribution in [3.8, 4) is 0 Å². The fourth-order valence-electron chi connectivity index (χ4n) is 1.22. The molecule has 1 aliphatic heterocycles. The summed E-state index contributed by atoms with van der Waals surface area (Å²) >= 11 is 0. The summed E-state index contributed by atoms with van der Waals surface area (Å²) in [5.41, 5.74) is 4.40. The van der Waals surface area contributed by atoms with Gasteiger partial charge in [0, 0.05) is 12.6 Å². The van der Waals surface area contributed by atoms with Crippen LogP contribution in [0.25, 0.3) is 0 Å². The lowest BCUT2D eigenvalue weighted by Gasteiger charge is -2.28. The normalized spacial score (nSPS) is 25.4. The van der Waals surface area contributed by atoms with Crippen LogP contribution in [0.15, 0.2) is 12.3 Å². The van der Waals surface area contributed by atoms with Crippen LogP contribution in [0.5, 0.6) is 0 Å². The van der Waals surface area contributed by atoms with Crippen LogP contribution >= 0.6 is 0 Å². The number of rotatable bonds is 4. The molecule has 1 aliphatic rings. The van der Waals surface area contributed by atoms with Gasteiger partial charge in [-0.05, 0) is 12.5 Å². The molecule has 1 atom stereocenters. The minimum absolute atomic E-state index is 0.162. The third kappa shape index (κ3) is 2.32. The van der Waals surface area contributed by atoms with Crippen LogP contribution in [0.4, 0.5) is 4.79 Å². The van der Waals surface area contributed by atoms with Crippen LogP contribution in [-0.2, 0) is 4.79 Å². The number of hydrogen-bond acceptors (Lipinski definition) is 3. The fraction of sp³-hybridized carbons (Fsp3) is 0.556. The lowest BCUT2D eigenvalue weighted by molar-refractivity contribution is -0.123. The molecule has 0 saturated carbocycles. The molecule has 0 saturated heterocycles. The van der Waals surface area contributed by atoms with E-state index in [4.69, 9.17) is 5.73 Å². The largest absolute Gasteiger partial charge is 0.320 e.